The Hall–Kier alpha value is -0.820. The Kier molecular flexibility index (Phi) is 4.67. The molecule has 0 fully saturated rings. The van der Waals surface area contributed by atoms with Crippen molar-refractivity contribution in [2.75, 3.05) is 14.1 Å². The SMILES string of the molecule is CN(C)S(=O)(=O)c1ccc(SCc2ccccc2)s1. The highest BCUT2D eigenvalue weighted by Crippen LogP contribution is 2.32. The molecule has 2 aromatic rings. The summed E-state index contributed by atoms with van der Waals surface area (Å²) in [6.45, 7) is 0. The first-order chi connectivity index (χ1) is 9.00. The van der Waals surface area contributed by atoms with Crippen LogP contribution in [0.15, 0.2) is 50.9 Å². The molecule has 2 rings (SSSR count). The Balaban J connectivity index is 2.06. The van der Waals surface area contributed by atoms with E-state index >= 15 is 0 Å². The summed E-state index contributed by atoms with van der Waals surface area (Å²) in [5.74, 6) is 0.850. The molecule has 0 unspecified atom stereocenters. The first-order valence-electron chi connectivity index (χ1n) is 5.69. The molecule has 0 aliphatic heterocycles. The molecule has 102 valence electrons. The fourth-order valence-electron chi connectivity index (χ4n) is 1.43. The minimum atomic E-state index is -3.30. The zero-order valence-corrected chi connectivity index (χ0v) is 13.2. The third kappa shape index (κ3) is 3.60. The second-order valence-electron chi connectivity index (χ2n) is 4.14. The van der Waals surface area contributed by atoms with Crippen molar-refractivity contribution in [3.8, 4) is 0 Å². The topological polar surface area (TPSA) is 37.4 Å². The summed E-state index contributed by atoms with van der Waals surface area (Å²) in [4.78, 5) is 0. The van der Waals surface area contributed by atoms with Crippen molar-refractivity contribution < 1.29 is 8.42 Å². The number of rotatable bonds is 5. The highest BCUT2D eigenvalue weighted by atomic mass is 32.3. The van der Waals surface area contributed by atoms with E-state index in [9.17, 15) is 8.42 Å². The molecule has 1 heterocycles. The predicted octanol–water partition coefficient (Wildman–Crippen LogP) is 3.29. The van der Waals surface area contributed by atoms with Crippen molar-refractivity contribution in [3.63, 3.8) is 0 Å². The van der Waals surface area contributed by atoms with Crippen LogP contribution in [0.5, 0.6) is 0 Å². The lowest BCUT2D eigenvalue weighted by atomic mass is 10.2. The molecule has 0 bridgehead atoms. The Labute approximate surface area is 122 Å². The normalized spacial score (nSPS) is 11.9. The Morgan fingerprint density at radius 2 is 1.79 bits per heavy atom. The van der Waals surface area contributed by atoms with Gasteiger partial charge in [0, 0.05) is 19.8 Å². The van der Waals surface area contributed by atoms with E-state index in [0.717, 1.165) is 9.96 Å². The molecule has 3 nitrogen and oxygen atoms in total. The molecule has 0 spiro atoms. The van der Waals surface area contributed by atoms with E-state index in [2.05, 4.69) is 12.1 Å². The van der Waals surface area contributed by atoms with Crippen molar-refractivity contribution in [2.24, 2.45) is 0 Å². The molecule has 1 aromatic carbocycles. The average Bonchev–Trinajstić information content (AvgIpc) is 2.87. The van der Waals surface area contributed by atoms with Crippen LogP contribution in [-0.4, -0.2) is 26.8 Å². The fourth-order valence-corrected chi connectivity index (χ4v) is 5.14. The van der Waals surface area contributed by atoms with Gasteiger partial charge in [-0.25, -0.2) is 12.7 Å². The van der Waals surface area contributed by atoms with Gasteiger partial charge in [-0.2, -0.15) is 0 Å². The molecule has 0 atom stereocenters. The molecule has 0 N–H and O–H groups in total. The summed E-state index contributed by atoms with van der Waals surface area (Å²) in [6.07, 6.45) is 0. The van der Waals surface area contributed by atoms with Crippen LogP contribution in [0.25, 0.3) is 0 Å². The molecule has 0 aliphatic carbocycles. The fraction of sp³-hybridized carbons (Fsp3) is 0.231. The molecule has 0 amide bonds. The summed E-state index contributed by atoms with van der Waals surface area (Å²) < 4.78 is 26.5. The maximum absolute atomic E-state index is 11.9. The van der Waals surface area contributed by atoms with Gasteiger partial charge in [0.25, 0.3) is 10.0 Å². The number of nitrogens with zero attached hydrogens (tertiary/aromatic N) is 1. The maximum Gasteiger partial charge on any atom is 0.252 e. The zero-order valence-electron chi connectivity index (χ0n) is 10.7. The lowest BCUT2D eigenvalue weighted by Crippen LogP contribution is -2.21. The summed E-state index contributed by atoms with van der Waals surface area (Å²) in [6, 6.07) is 13.7. The van der Waals surface area contributed by atoms with E-state index in [-0.39, 0.29) is 0 Å². The van der Waals surface area contributed by atoms with Crippen molar-refractivity contribution in [3.05, 3.63) is 48.0 Å². The van der Waals surface area contributed by atoms with Gasteiger partial charge in [-0.05, 0) is 17.7 Å². The van der Waals surface area contributed by atoms with Gasteiger partial charge in [0.2, 0.25) is 0 Å². The lowest BCUT2D eigenvalue weighted by molar-refractivity contribution is 0.523. The van der Waals surface area contributed by atoms with Crippen LogP contribution in [0.4, 0.5) is 0 Å². The third-order valence-electron chi connectivity index (χ3n) is 2.52. The Bertz CT molecular complexity index is 633. The van der Waals surface area contributed by atoms with Crippen LogP contribution in [-0.2, 0) is 15.8 Å². The zero-order chi connectivity index (χ0) is 13.9. The maximum atomic E-state index is 11.9. The first kappa shape index (κ1) is 14.6. The molecule has 0 radical (unpaired) electrons. The smallest absolute Gasteiger partial charge is 0.206 e. The molecule has 6 heteroatoms. The molecular formula is C13H15NO2S3. The van der Waals surface area contributed by atoms with Gasteiger partial charge in [-0.1, -0.05) is 30.3 Å². The number of benzene rings is 1. The van der Waals surface area contributed by atoms with Gasteiger partial charge < -0.3 is 0 Å². The van der Waals surface area contributed by atoms with Gasteiger partial charge in [0.05, 0.1) is 4.21 Å². The van der Waals surface area contributed by atoms with Crippen molar-refractivity contribution in [1.29, 1.82) is 0 Å². The van der Waals surface area contributed by atoms with Crippen molar-refractivity contribution in [1.82, 2.24) is 4.31 Å². The Morgan fingerprint density at radius 3 is 2.42 bits per heavy atom. The summed E-state index contributed by atoms with van der Waals surface area (Å²) in [5.41, 5.74) is 1.23. The van der Waals surface area contributed by atoms with E-state index in [0.29, 0.717) is 4.21 Å². The number of thioether (sulfide) groups is 1. The highest BCUT2D eigenvalue weighted by Gasteiger charge is 2.19. The Morgan fingerprint density at radius 1 is 1.11 bits per heavy atom. The van der Waals surface area contributed by atoms with Crippen LogP contribution in [0, 0.1) is 0 Å². The summed E-state index contributed by atoms with van der Waals surface area (Å²) in [7, 11) is -0.206. The number of hydrogen-bond donors (Lipinski definition) is 0. The van der Waals surface area contributed by atoms with E-state index in [1.807, 2.05) is 24.3 Å². The molecule has 19 heavy (non-hydrogen) atoms. The van der Waals surface area contributed by atoms with E-state index in [4.69, 9.17) is 0 Å². The highest BCUT2D eigenvalue weighted by molar-refractivity contribution is 8.00. The minimum absolute atomic E-state index is 0.396. The monoisotopic (exact) mass is 313 g/mol. The molecular weight excluding hydrogens is 298 g/mol. The average molecular weight is 313 g/mol. The second-order valence-corrected chi connectivity index (χ2v) is 8.87. The van der Waals surface area contributed by atoms with Gasteiger partial charge >= 0.3 is 0 Å². The van der Waals surface area contributed by atoms with Gasteiger partial charge in [-0.3, -0.25) is 0 Å². The largest absolute Gasteiger partial charge is 0.252 e. The van der Waals surface area contributed by atoms with Gasteiger partial charge in [0.15, 0.2) is 0 Å². The van der Waals surface area contributed by atoms with Crippen LogP contribution in [0.1, 0.15) is 5.56 Å². The first-order valence-corrected chi connectivity index (χ1v) is 8.93. The van der Waals surface area contributed by atoms with E-state index < -0.39 is 10.0 Å². The standard InChI is InChI=1S/C13H15NO2S3/c1-14(2)19(15,16)13-9-8-12(18-13)17-10-11-6-4-3-5-7-11/h3-9H,10H2,1-2H3. The molecule has 0 aliphatic rings. The minimum Gasteiger partial charge on any atom is -0.206 e. The van der Waals surface area contributed by atoms with Gasteiger partial charge in [0.1, 0.15) is 4.21 Å². The second kappa shape index (κ2) is 6.09. The quantitative estimate of drug-likeness (QED) is 0.795. The van der Waals surface area contributed by atoms with Crippen LogP contribution in [0.2, 0.25) is 0 Å². The van der Waals surface area contributed by atoms with E-state index in [1.165, 1.54) is 21.2 Å². The molecule has 1 aromatic heterocycles. The molecule has 0 saturated carbocycles. The van der Waals surface area contributed by atoms with Gasteiger partial charge in [-0.15, -0.1) is 23.1 Å². The predicted molar refractivity (Wildman–Crippen MR) is 81.2 cm³/mol. The number of hydrogen-bond acceptors (Lipinski definition) is 4. The number of sulfonamides is 1. The summed E-state index contributed by atoms with van der Waals surface area (Å²) in [5, 5.41) is 0. The number of thiophene rings is 1. The van der Waals surface area contributed by atoms with Crippen LogP contribution < -0.4 is 0 Å². The molecule has 0 saturated heterocycles. The van der Waals surface area contributed by atoms with E-state index in [1.54, 1.807) is 31.9 Å². The lowest BCUT2D eigenvalue weighted by Gasteiger charge is -2.08. The van der Waals surface area contributed by atoms with Crippen molar-refractivity contribution in [2.45, 2.75) is 14.2 Å². The third-order valence-corrected chi connectivity index (χ3v) is 7.18. The van der Waals surface area contributed by atoms with Crippen LogP contribution >= 0.6 is 23.1 Å². The van der Waals surface area contributed by atoms with Crippen molar-refractivity contribution >= 4 is 33.1 Å². The summed E-state index contributed by atoms with van der Waals surface area (Å²) >= 11 is 2.98. The van der Waals surface area contributed by atoms with Crippen LogP contribution in [0.3, 0.4) is 0 Å².